The Bertz CT molecular complexity index is 491. The second-order valence-corrected chi connectivity index (χ2v) is 6.27. The first kappa shape index (κ1) is 16.7. The van der Waals surface area contributed by atoms with Gasteiger partial charge in [-0.1, -0.05) is 18.2 Å². The van der Waals surface area contributed by atoms with Gasteiger partial charge in [-0.15, -0.1) is 0 Å². The Morgan fingerprint density at radius 1 is 1.32 bits per heavy atom. The summed E-state index contributed by atoms with van der Waals surface area (Å²) in [6.45, 7) is -0.0868. The van der Waals surface area contributed by atoms with Crippen LogP contribution < -0.4 is 15.4 Å². The van der Waals surface area contributed by atoms with E-state index >= 15 is 0 Å². The van der Waals surface area contributed by atoms with E-state index in [1.807, 2.05) is 24.5 Å². The maximum absolute atomic E-state index is 12.1. The molecule has 5 nitrogen and oxygen atoms in total. The minimum absolute atomic E-state index is 0.0868. The van der Waals surface area contributed by atoms with Gasteiger partial charge in [-0.05, 0) is 43.4 Å². The van der Waals surface area contributed by atoms with Crippen LogP contribution in [0.2, 0.25) is 0 Å². The Hall–Kier alpha value is -1.69. The minimum Gasteiger partial charge on any atom is -0.484 e. The highest BCUT2D eigenvalue weighted by Gasteiger charge is 2.28. The van der Waals surface area contributed by atoms with Crippen molar-refractivity contribution in [1.82, 2.24) is 10.6 Å². The molecule has 1 aromatic rings. The molecule has 0 aromatic heterocycles. The summed E-state index contributed by atoms with van der Waals surface area (Å²) in [5.74, 6) is 1.09. The lowest BCUT2D eigenvalue weighted by atomic mass is 10.2. The number of thioether (sulfide) groups is 1. The monoisotopic (exact) mass is 322 g/mol. The SMILES string of the molecule is CSCCC(NC(=O)COc1ccccc1)C(=O)NC1CC1. The number of hydrogen-bond donors (Lipinski definition) is 2. The number of para-hydroxylation sites is 1. The van der Waals surface area contributed by atoms with Crippen molar-refractivity contribution in [3.63, 3.8) is 0 Å². The van der Waals surface area contributed by atoms with Crippen LogP contribution in [0.1, 0.15) is 19.3 Å². The van der Waals surface area contributed by atoms with Gasteiger partial charge in [0.2, 0.25) is 5.91 Å². The van der Waals surface area contributed by atoms with E-state index in [9.17, 15) is 9.59 Å². The van der Waals surface area contributed by atoms with Crippen LogP contribution in [0.3, 0.4) is 0 Å². The summed E-state index contributed by atoms with van der Waals surface area (Å²) in [6.07, 6.45) is 4.67. The molecule has 2 N–H and O–H groups in total. The normalized spacial score (nSPS) is 15.0. The first-order valence-corrected chi connectivity index (χ1v) is 8.85. The molecule has 120 valence electrons. The van der Waals surface area contributed by atoms with E-state index in [1.165, 1.54) is 0 Å². The molecule has 0 spiro atoms. The van der Waals surface area contributed by atoms with E-state index in [2.05, 4.69) is 10.6 Å². The first-order chi connectivity index (χ1) is 10.7. The average molecular weight is 322 g/mol. The Labute approximate surface area is 135 Å². The van der Waals surface area contributed by atoms with E-state index in [-0.39, 0.29) is 18.4 Å². The molecule has 0 radical (unpaired) electrons. The highest BCUT2D eigenvalue weighted by molar-refractivity contribution is 7.98. The number of ether oxygens (including phenoxy) is 1. The van der Waals surface area contributed by atoms with Gasteiger partial charge in [-0.2, -0.15) is 11.8 Å². The van der Waals surface area contributed by atoms with Crippen LogP contribution in [0.4, 0.5) is 0 Å². The molecule has 1 aliphatic carbocycles. The van der Waals surface area contributed by atoms with Gasteiger partial charge in [-0.3, -0.25) is 9.59 Å². The summed E-state index contributed by atoms with van der Waals surface area (Å²) in [7, 11) is 0. The molecule has 2 amide bonds. The zero-order chi connectivity index (χ0) is 15.8. The van der Waals surface area contributed by atoms with E-state index < -0.39 is 6.04 Å². The highest BCUT2D eigenvalue weighted by atomic mass is 32.2. The first-order valence-electron chi connectivity index (χ1n) is 7.45. The largest absolute Gasteiger partial charge is 0.484 e. The standard InChI is InChI=1S/C16H22N2O3S/c1-22-10-9-14(16(20)17-12-7-8-12)18-15(19)11-21-13-5-3-2-4-6-13/h2-6,12,14H,7-11H2,1H3,(H,17,20)(H,18,19). The molecule has 1 fully saturated rings. The fourth-order valence-electron chi connectivity index (χ4n) is 1.94. The summed E-state index contributed by atoms with van der Waals surface area (Å²) >= 11 is 1.66. The van der Waals surface area contributed by atoms with Crippen molar-refractivity contribution >= 4 is 23.6 Å². The minimum atomic E-state index is -0.486. The van der Waals surface area contributed by atoms with Crippen molar-refractivity contribution < 1.29 is 14.3 Å². The summed E-state index contributed by atoms with van der Waals surface area (Å²) < 4.78 is 5.40. The molecule has 1 aliphatic rings. The number of rotatable bonds is 9. The lowest BCUT2D eigenvalue weighted by Gasteiger charge is -2.18. The highest BCUT2D eigenvalue weighted by Crippen LogP contribution is 2.19. The lowest BCUT2D eigenvalue weighted by molar-refractivity contribution is -0.130. The number of carbonyl (C=O) groups is 2. The second-order valence-electron chi connectivity index (χ2n) is 5.29. The zero-order valence-corrected chi connectivity index (χ0v) is 13.5. The summed E-state index contributed by atoms with van der Waals surface area (Å²) in [5, 5.41) is 5.70. The van der Waals surface area contributed by atoms with Gasteiger partial charge in [-0.25, -0.2) is 0 Å². The van der Waals surface area contributed by atoms with Gasteiger partial charge in [0.15, 0.2) is 6.61 Å². The Balaban J connectivity index is 1.79. The topological polar surface area (TPSA) is 67.4 Å². The third-order valence-corrected chi connectivity index (χ3v) is 3.94. The number of amides is 2. The van der Waals surface area contributed by atoms with Gasteiger partial charge in [0, 0.05) is 6.04 Å². The van der Waals surface area contributed by atoms with Crippen molar-refractivity contribution in [2.24, 2.45) is 0 Å². The fraction of sp³-hybridized carbons (Fsp3) is 0.500. The molecule has 1 saturated carbocycles. The molecule has 0 aliphatic heterocycles. The van der Waals surface area contributed by atoms with Crippen LogP contribution >= 0.6 is 11.8 Å². The van der Waals surface area contributed by atoms with Crippen molar-refractivity contribution in [1.29, 1.82) is 0 Å². The van der Waals surface area contributed by atoms with Crippen LogP contribution in [-0.4, -0.2) is 42.5 Å². The van der Waals surface area contributed by atoms with Crippen LogP contribution in [0.5, 0.6) is 5.75 Å². The fourth-order valence-corrected chi connectivity index (χ4v) is 2.41. The van der Waals surface area contributed by atoms with Gasteiger partial charge in [0.05, 0.1) is 0 Å². The molecule has 1 aromatic carbocycles. The quantitative estimate of drug-likeness (QED) is 0.724. The van der Waals surface area contributed by atoms with Gasteiger partial charge in [0.25, 0.3) is 5.91 Å². The van der Waals surface area contributed by atoms with E-state index in [0.717, 1.165) is 18.6 Å². The van der Waals surface area contributed by atoms with Crippen molar-refractivity contribution in [3.8, 4) is 5.75 Å². The van der Waals surface area contributed by atoms with Crippen molar-refractivity contribution in [3.05, 3.63) is 30.3 Å². The van der Waals surface area contributed by atoms with Crippen LogP contribution in [-0.2, 0) is 9.59 Å². The molecule has 0 saturated heterocycles. The molecule has 2 rings (SSSR count). The van der Waals surface area contributed by atoms with E-state index in [1.54, 1.807) is 23.9 Å². The maximum Gasteiger partial charge on any atom is 0.258 e. The predicted octanol–water partition coefficient (Wildman–Crippen LogP) is 1.58. The smallest absolute Gasteiger partial charge is 0.258 e. The van der Waals surface area contributed by atoms with Gasteiger partial charge >= 0.3 is 0 Å². The van der Waals surface area contributed by atoms with Crippen LogP contribution in [0.25, 0.3) is 0 Å². The van der Waals surface area contributed by atoms with E-state index in [4.69, 9.17) is 4.74 Å². The number of benzene rings is 1. The molecule has 22 heavy (non-hydrogen) atoms. The molecular weight excluding hydrogens is 300 g/mol. The Morgan fingerprint density at radius 3 is 2.68 bits per heavy atom. The molecule has 1 atom stereocenters. The van der Waals surface area contributed by atoms with Crippen LogP contribution in [0, 0.1) is 0 Å². The molecule has 6 heteroatoms. The number of nitrogens with one attached hydrogen (secondary N) is 2. The number of hydrogen-bond acceptors (Lipinski definition) is 4. The Morgan fingerprint density at radius 2 is 2.05 bits per heavy atom. The summed E-state index contributed by atoms with van der Waals surface area (Å²) in [4.78, 5) is 24.1. The van der Waals surface area contributed by atoms with Gasteiger partial charge < -0.3 is 15.4 Å². The molecule has 0 bridgehead atoms. The summed E-state index contributed by atoms with van der Waals surface area (Å²) in [5.41, 5.74) is 0. The van der Waals surface area contributed by atoms with Crippen molar-refractivity contribution in [2.45, 2.75) is 31.3 Å². The lowest BCUT2D eigenvalue weighted by Crippen LogP contribution is -2.48. The molecule has 1 unspecified atom stereocenters. The Kier molecular flexibility index (Phi) is 6.58. The number of carbonyl (C=O) groups excluding carboxylic acids is 2. The van der Waals surface area contributed by atoms with Gasteiger partial charge in [0.1, 0.15) is 11.8 Å². The average Bonchev–Trinajstić information content (AvgIpc) is 3.34. The summed E-state index contributed by atoms with van der Waals surface area (Å²) in [6, 6.07) is 8.96. The van der Waals surface area contributed by atoms with Crippen molar-refractivity contribution in [2.75, 3.05) is 18.6 Å². The second kappa shape index (κ2) is 8.68. The van der Waals surface area contributed by atoms with Crippen LogP contribution in [0.15, 0.2) is 30.3 Å². The molecular formula is C16H22N2O3S. The third-order valence-electron chi connectivity index (χ3n) is 3.30. The predicted molar refractivity (Wildman–Crippen MR) is 88.0 cm³/mol. The maximum atomic E-state index is 12.1. The van der Waals surface area contributed by atoms with E-state index in [0.29, 0.717) is 18.2 Å². The third kappa shape index (κ3) is 5.97. The zero-order valence-electron chi connectivity index (χ0n) is 12.7. The molecule has 0 heterocycles.